The van der Waals surface area contributed by atoms with Gasteiger partial charge in [0, 0.05) is 34.8 Å². The molecule has 2 aromatic rings. The summed E-state index contributed by atoms with van der Waals surface area (Å²) in [6.07, 6.45) is 2.72. The number of amides is 1. The van der Waals surface area contributed by atoms with Crippen LogP contribution in [0.1, 0.15) is 44.2 Å². The number of ether oxygens (including phenoxy) is 2. The summed E-state index contributed by atoms with van der Waals surface area (Å²) in [6, 6.07) is 11.8. The van der Waals surface area contributed by atoms with Crippen LogP contribution in [0.15, 0.2) is 46.4 Å². The molecule has 1 aliphatic rings. The molecule has 0 aliphatic carbocycles. The van der Waals surface area contributed by atoms with Crippen LogP contribution >= 0.6 is 11.8 Å². The summed E-state index contributed by atoms with van der Waals surface area (Å²) in [6.45, 7) is 6.76. The highest BCUT2D eigenvalue weighted by Gasteiger charge is 2.34. The highest BCUT2D eigenvalue weighted by atomic mass is 32.2. The topological polar surface area (TPSA) is 63.2 Å². The zero-order chi connectivity index (χ0) is 22.6. The van der Waals surface area contributed by atoms with Gasteiger partial charge in [0.25, 0.3) is 0 Å². The van der Waals surface area contributed by atoms with E-state index in [2.05, 4.69) is 55.4 Å². The summed E-state index contributed by atoms with van der Waals surface area (Å²) in [7, 11) is 5.41. The van der Waals surface area contributed by atoms with Gasteiger partial charge in [-0.1, -0.05) is 6.92 Å². The Morgan fingerprint density at radius 2 is 1.97 bits per heavy atom. The molecule has 0 aromatic heterocycles. The minimum atomic E-state index is -0.163. The third-order valence-corrected chi connectivity index (χ3v) is 6.82. The Hall–Kier alpha value is -2.67. The lowest BCUT2D eigenvalue weighted by molar-refractivity contribution is -0.118. The SMILES string of the molecule is COc1ccc(SCC(=O)N/N=C/c2cc3c(cc2OC)N(C)C(C)(C)CC3C)cc1. The molecule has 0 bridgehead atoms. The zero-order valence-electron chi connectivity index (χ0n) is 19.1. The molecule has 1 aliphatic heterocycles. The van der Waals surface area contributed by atoms with E-state index in [1.807, 2.05) is 24.3 Å². The van der Waals surface area contributed by atoms with Crippen molar-refractivity contribution in [1.82, 2.24) is 5.43 Å². The van der Waals surface area contributed by atoms with E-state index in [-0.39, 0.29) is 17.2 Å². The first-order chi connectivity index (χ1) is 14.7. The third-order valence-electron chi connectivity index (χ3n) is 5.81. The lowest BCUT2D eigenvalue weighted by atomic mass is 9.80. The summed E-state index contributed by atoms with van der Waals surface area (Å²) in [5.41, 5.74) is 5.99. The van der Waals surface area contributed by atoms with Gasteiger partial charge >= 0.3 is 0 Å². The van der Waals surface area contributed by atoms with Crippen LogP contribution in [0.25, 0.3) is 0 Å². The van der Waals surface area contributed by atoms with Crippen molar-refractivity contribution < 1.29 is 14.3 Å². The van der Waals surface area contributed by atoms with Gasteiger partial charge in [0.2, 0.25) is 5.91 Å². The molecule has 31 heavy (non-hydrogen) atoms. The highest BCUT2D eigenvalue weighted by Crippen LogP contribution is 2.44. The number of anilines is 1. The summed E-state index contributed by atoms with van der Waals surface area (Å²) >= 11 is 1.45. The molecule has 1 atom stereocenters. The molecule has 1 N–H and O–H groups in total. The zero-order valence-corrected chi connectivity index (χ0v) is 19.9. The molecular formula is C24H31N3O3S. The fourth-order valence-corrected chi connectivity index (χ4v) is 4.61. The van der Waals surface area contributed by atoms with Gasteiger partial charge in [-0.3, -0.25) is 4.79 Å². The first-order valence-corrected chi connectivity index (χ1v) is 11.3. The molecule has 3 rings (SSSR count). The maximum absolute atomic E-state index is 12.2. The first-order valence-electron chi connectivity index (χ1n) is 10.3. The molecular weight excluding hydrogens is 410 g/mol. The predicted octanol–water partition coefficient (Wildman–Crippen LogP) is 4.67. The number of carbonyl (C=O) groups is 1. The molecule has 0 spiro atoms. The molecule has 6 nitrogen and oxygen atoms in total. The monoisotopic (exact) mass is 441 g/mol. The summed E-state index contributed by atoms with van der Waals surface area (Å²) < 4.78 is 10.7. The Morgan fingerprint density at radius 3 is 2.61 bits per heavy atom. The number of methoxy groups -OCH3 is 2. The maximum Gasteiger partial charge on any atom is 0.250 e. The van der Waals surface area contributed by atoms with Crippen LogP contribution in [0.3, 0.4) is 0 Å². The van der Waals surface area contributed by atoms with Gasteiger partial charge in [0.15, 0.2) is 0 Å². The van der Waals surface area contributed by atoms with Crippen LogP contribution in [0, 0.1) is 0 Å². The average Bonchev–Trinajstić information content (AvgIpc) is 2.76. The fourth-order valence-electron chi connectivity index (χ4n) is 3.92. The molecule has 1 heterocycles. The van der Waals surface area contributed by atoms with Crippen LogP contribution in [0.4, 0.5) is 5.69 Å². The Morgan fingerprint density at radius 1 is 1.26 bits per heavy atom. The summed E-state index contributed by atoms with van der Waals surface area (Å²) in [5.74, 6) is 2.07. The summed E-state index contributed by atoms with van der Waals surface area (Å²) in [4.78, 5) is 15.5. The van der Waals surface area contributed by atoms with Gasteiger partial charge in [-0.2, -0.15) is 5.10 Å². The van der Waals surface area contributed by atoms with E-state index in [1.165, 1.54) is 23.0 Å². The Labute approximate surface area is 189 Å². The Kier molecular flexibility index (Phi) is 7.15. The maximum atomic E-state index is 12.2. The molecule has 2 aromatic carbocycles. The molecule has 166 valence electrons. The normalized spacial score (nSPS) is 17.4. The standard InChI is InChI=1S/C24H31N3O3S/c1-16-13-24(2,3)27(4)21-12-22(30-6)17(11-20(16)21)14-25-26-23(28)15-31-19-9-7-18(29-5)8-10-19/h7-12,14,16H,13,15H2,1-6H3,(H,26,28)/b25-14+. The second-order valence-corrected chi connectivity index (χ2v) is 9.44. The number of carbonyl (C=O) groups excluding carboxylic acids is 1. The van der Waals surface area contributed by atoms with Crippen molar-refractivity contribution in [2.45, 2.75) is 43.5 Å². The van der Waals surface area contributed by atoms with Gasteiger partial charge in [0.05, 0.1) is 26.2 Å². The quantitative estimate of drug-likeness (QED) is 0.384. The van der Waals surface area contributed by atoms with Crippen LogP contribution < -0.4 is 19.8 Å². The van der Waals surface area contributed by atoms with Crippen LogP contribution in [-0.2, 0) is 4.79 Å². The average molecular weight is 442 g/mol. The van der Waals surface area contributed by atoms with Gasteiger partial charge in [-0.15, -0.1) is 11.8 Å². The highest BCUT2D eigenvalue weighted by molar-refractivity contribution is 8.00. The second kappa shape index (κ2) is 9.64. The van der Waals surface area contributed by atoms with Crippen molar-refractivity contribution in [3.8, 4) is 11.5 Å². The van der Waals surface area contributed by atoms with Gasteiger partial charge in [-0.05, 0) is 62.1 Å². The van der Waals surface area contributed by atoms with Crippen molar-refractivity contribution in [3.05, 3.63) is 47.5 Å². The van der Waals surface area contributed by atoms with E-state index in [0.29, 0.717) is 5.92 Å². The van der Waals surface area contributed by atoms with Crippen molar-refractivity contribution in [1.29, 1.82) is 0 Å². The van der Waals surface area contributed by atoms with E-state index in [1.54, 1.807) is 20.4 Å². The Bertz CT molecular complexity index is 957. The molecule has 0 saturated carbocycles. The van der Waals surface area contributed by atoms with Gasteiger partial charge in [-0.25, -0.2) is 5.43 Å². The first kappa shape index (κ1) is 23.0. The van der Waals surface area contributed by atoms with Crippen molar-refractivity contribution in [2.24, 2.45) is 5.10 Å². The molecule has 0 fully saturated rings. The number of nitrogens with zero attached hydrogens (tertiary/aromatic N) is 2. The number of thioether (sulfide) groups is 1. The number of benzene rings is 2. The minimum absolute atomic E-state index is 0.0859. The number of hydrogen-bond donors (Lipinski definition) is 1. The molecule has 0 saturated heterocycles. The predicted molar refractivity (Wildman–Crippen MR) is 128 cm³/mol. The lowest BCUT2D eigenvalue weighted by Crippen LogP contribution is -2.45. The third kappa shape index (κ3) is 5.34. The van der Waals surface area contributed by atoms with E-state index in [4.69, 9.17) is 9.47 Å². The van der Waals surface area contributed by atoms with Crippen LogP contribution in [0.2, 0.25) is 0 Å². The van der Waals surface area contributed by atoms with Crippen molar-refractivity contribution in [3.63, 3.8) is 0 Å². The number of nitrogens with one attached hydrogen (secondary N) is 1. The van der Waals surface area contributed by atoms with Crippen LogP contribution in [-0.4, -0.2) is 44.7 Å². The van der Waals surface area contributed by atoms with Gasteiger partial charge < -0.3 is 14.4 Å². The number of rotatable bonds is 7. The largest absolute Gasteiger partial charge is 0.497 e. The molecule has 7 heteroatoms. The van der Waals surface area contributed by atoms with E-state index in [9.17, 15) is 4.79 Å². The van der Waals surface area contributed by atoms with E-state index >= 15 is 0 Å². The fraction of sp³-hybridized carbons (Fsp3) is 0.417. The van der Waals surface area contributed by atoms with E-state index < -0.39 is 0 Å². The number of hydrazone groups is 1. The smallest absolute Gasteiger partial charge is 0.250 e. The van der Waals surface area contributed by atoms with Gasteiger partial charge in [0.1, 0.15) is 11.5 Å². The number of fused-ring (bicyclic) bond motifs is 1. The molecule has 0 radical (unpaired) electrons. The molecule has 1 amide bonds. The van der Waals surface area contributed by atoms with Crippen molar-refractivity contribution >= 4 is 29.6 Å². The van der Waals surface area contributed by atoms with Crippen molar-refractivity contribution in [2.75, 3.05) is 31.9 Å². The summed E-state index contributed by atoms with van der Waals surface area (Å²) in [5, 5.41) is 4.16. The second-order valence-electron chi connectivity index (χ2n) is 8.39. The number of hydrogen-bond acceptors (Lipinski definition) is 6. The van der Waals surface area contributed by atoms with Crippen LogP contribution in [0.5, 0.6) is 11.5 Å². The Balaban J connectivity index is 1.66. The minimum Gasteiger partial charge on any atom is -0.497 e. The lowest BCUT2D eigenvalue weighted by Gasteiger charge is -2.45. The van der Waals surface area contributed by atoms with E-state index in [0.717, 1.165) is 28.4 Å². The molecule has 1 unspecified atom stereocenters.